The van der Waals surface area contributed by atoms with Crippen molar-refractivity contribution in [3.63, 3.8) is 0 Å². The number of aromatic hydroxyl groups is 1. The number of phenols is 1. The van der Waals surface area contributed by atoms with E-state index in [4.69, 9.17) is 9.47 Å². The van der Waals surface area contributed by atoms with Crippen LogP contribution in [0.4, 0.5) is 0 Å². The molecule has 5 heteroatoms. The van der Waals surface area contributed by atoms with Gasteiger partial charge in [-0.15, -0.1) is 0 Å². The minimum atomic E-state index is -1.01. The van der Waals surface area contributed by atoms with Crippen molar-refractivity contribution in [3.05, 3.63) is 123 Å². The largest absolute Gasteiger partial charge is 0.507 e. The summed E-state index contributed by atoms with van der Waals surface area (Å²) in [5.41, 5.74) is 9.63. The van der Waals surface area contributed by atoms with E-state index in [1.165, 1.54) is 0 Å². The molecule has 2 N–H and O–H groups in total. The lowest BCUT2D eigenvalue weighted by Crippen LogP contribution is -2.17. The third-order valence-electron chi connectivity index (χ3n) is 8.98. The van der Waals surface area contributed by atoms with Crippen LogP contribution in [-0.4, -0.2) is 16.2 Å². The number of aromatic carboxylic acids is 1. The number of benzene rings is 5. The smallest absolute Gasteiger partial charge is 0.336 e. The van der Waals surface area contributed by atoms with Gasteiger partial charge in [-0.25, -0.2) is 4.79 Å². The molecule has 0 saturated heterocycles. The van der Waals surface area contributed by atoms with Crippen molar-refractivity contribution in [1.82, 2.24) is 0 Å². The molecule has 0 heterocycles. The highest BCUT2D eigenvalue weighted by atomic mass is 16.5. The number of carboxylic acids is 1. The fraction of sp³-hybridized carbons (Fsp3) is 0.184. The van der Waals surface area contributed by atoms with Gasteiger partial charge in [-0.2, -0.15) is 0 Å². The van der Waals surface area contributed by atoms with E-state index in [0.717, 1.165) is 50.4 Å². The second-order valence-corrected chi connectivity index (χ2v) is 11.5. The predicted octanol–water partition coefficient (Wildman–Crippen LogP) is 9.13. The Morgan fingerprint density at radius 3 is 1.77 bits per heavy atom. The van der Waals surface area contributed by atoms with E-state index in [1.807, 2.05) is 99.6 Å². The lowest BCUT2D eigenvalue weighted by atomic mass is 9.74. The summed E-state index contributed by atoms with van der Waals surface area (Å²) in [6, 6.07) is 25.5. The number of rotatable bonds is 5. The Bertz CT molecular complexity index is 1950. The minimum absolute atomic E-state index is 0.206. The molecule has 0 aromatic heterocycles. The first-order valence-electron chi connectivity index (χ1n) is 14.7. The first-order chi connectivity index (χ1) is 20.8. The van der Waals surface area contributed by atoms with Crippen LogP contribution in [0.1, 0.15) is 49.3 Å². The molecule has 0 atom stereocenters. The first-order valence-corrected chi connectivity index (χ1v) is 14.7. The SMILES string of the molecule is Cc1ccccc1Oc1ccc2c(c1)-c1c(c(O)c3c(c1C(=O)O)-c1cc(Oc4cccc(C)c4C)ccc1CC3)CC2. The van der Waals surface area contributed by atoms with Gasteiger partial charge < -0.3 is 19.7 Å². The van der Waals surface area contributed by atoms with Gasteiger partial charge in [-0.3, -0.25) is 0 Å². The number of para-hydroxylation sites is 1. The van der Waals surface area contributed by atoms with Crippen molar-refractivity contribution < 1.29 is 24.5 Å². The lowest BCUT2D eigenvalue weighted by Gasteiger charge is -2.30. The summed E-state index contributed by atoms with van der Waals surface area (Å²) < 4.78 is 12.6. The molecule has 43 heavy (non-hydrogen) atoms. The number of aryl methyl sites for hydroxylation is 4. The second kappa shape index (κ2) is 10.4. The zero-order valence-corrected chi connectivity index (χ0v) is 24.5. The van der Waals surface area contributed by atoms with Gasteiger partial charge in [-0.1, -0.05) is 42.5 Å². The monoisotopic (exact) mass is 568 g/mol. The fourth-order valence-electron chi connectivity index (χ4n) is 6.56. The number of ether oxygens (including phenoxy) is 2. The van der Waals surface area contributed by atoms with Crippen LogP contribution in [0, 0.1) is 20.8 Å². The van der Waals surface area contributed by atoms with Crippen LogP contribution in [0.15, 0.2) is 78.9 Å². The standard InChI is InChI=1S/C38H32O5/c1-21-8-6-10-33(23(21)3)43-27-16-12-25-14-18-29-35(31(25)20-27)36(38(40)41)34-28(37(29)39)17-13-24-11-15-26(19-30(24)34)42-32-9-5-4-7-22(32)2/h4-12,15-16,19-20,39H,13-14,17-18H2,1-3H3,(H,40,41). The normalized spacial score (nSPS) is 12.9. The summed E-state index contributed by atoms with van der Waals surface area (Å²) >= 11 is 0. The molecule has 0 bridgehead atoms. The average Bonchev–Trinajstić information content (AvgIpc) is 3.00. The summed E-state index contributed by atoms with van der Waals surface area (Å²) in [7, 11) is 0. The van der Waals surface area contributed by atoms with Gasteiger partial charge in [0.1, 0.15) is 28.7 Å². The van der Waals surface area contributed by atoms with Gasteiger partial charge in [0, 0.05) is 22.3 Å². The van der Waals surface area contributed by atoms with Crippen LogP contribution in [0.25, 0.3) is 22.3 Å². The highest BCUT2D eigenvalue weighted by Gasteiger charge is 2.34. The van der Waals surface area contributed by atoms with Crippen molar-refractivity contribution in [2.45, 2.75) is 46.5 Å². The van der Waals surface area contributed by atoms with Crippen LogP contribution in [-0.2, 0) is 25.7 Å². The Morgan fingerprint density at radius 2 is 1.19 bits per heavy atom. The fourth-order valence-corrected chi connectivity index (χ4v) is 6.56. The van der Waals surface area contributed by atoms with Gasteiger partial charge in [0.2, 0.25) is 0 Å². The van der Waals surface area contributed by atoms with Crippen LogP contribution in [0.3, 0.4) is 0 Å². The van der Waals surface area contributed by atoms with Crippen molar-refractivity contribution in [2.24, 2.45) is 0 Å². The third kappa shape index (κ3) is 4.52. The molecule has 0 aliphatic heterocycles. The Hall–Kier alpha value is -5.03. The maximum Gasteiger partial charge on any atom is 0.336 e. The summed E-state index contributed by atoms with van der Waals surface area (Å²) in [6.07, 6.45) is 2.57. The highest BCUT2D eigenvalue weighted by Crippen LogP contribution is 2.51. The molecule has 0 radical (unpaired) electrons. The number of phenolic OH excluding ortho intramolecular Hbond substituents is 1. The lowest BCUT2D eigenvalue weighted by molar-refractivity contribution is 0.0698. The number of fused-ring (bicyclic) bond motifs is 6. The second-order valence-electron chi connectivity index (χ2n) is 11.5. The molecule has 0 amide bonds. The van der Waals surface area contributed by atoms with Gasteiger partial charge in [-0.05, 0) is 122 Å². The Balaban J connectivity index is 1.40. The first kappa shape index (κ1) is 26.8. The minimum Gasteiger partial charge on any atom is -0.507 e. The Morgan fingerprint density at radius 1 is 0.651 bits per heavy atom. The van der Waals surface area contributed by atoms with Crippen LogP contribution >= 0.6 is 0 Å². The van der Waals surface area contributed by atoms with Crippen molar-refractivity contribution in [3.8, 4) is 51.0 Å². The molecule has 2 aliphatic rings. The molecule has 5 aromatic rings. The van der Waals surface area contributed by atoms with Gasteiger partial charge in [0.05, 0.1) is 5.56 Å². The predicted molar refractivity (Wildman–Crippen MR) is 168 cm³/mol. The molecule has 2 aliphatic carbocycles. The van der Waals surface area contributed by atoms with Gasteiger partial charge >= 0.3 is 5.97 Å². The summed E-state index contributed by atoms with van der Waals surface area (Å²) in [6.45, 7) is 6.07. The topological polar surface area (TPSA) is 76.0 Å². The molecule has 0 spiro atoms. The van der Waals surface area contributed by atoms with Crippen LogP contribution in [0.5, 0.6) is 28.7 Å². The Kier molecular flexibility index (Phi) is 6.46. The highest BCUT2D eigenvalue weighted by molar-refractivity contribution is 6.07. The van der Waals surface area contributed by atoms with Crippen molar-refractivity contribution >= 4 is 5.97 Å². The van der Waals surface area contributed by atoms with E-state index in [2.05, 4.69) is 0 Å². The van der Waals surface area contributed by atoms with E-state index < -0.39 is 5.97 Å². The molecule has 0 saturated carbocycles. The summed E-state index contributed by atoms with van der Waals surface area (Å²) in [5, 5.41) is 22.5. The van der Waals surface area contributed by atoms with E-state index in [-0.39, 0.29) is 11.3 Å². The molecule has 0 unspecified atom stereocenters. The molecule has 7 rings (SSSR count). The molecular weight excluding hydrogens is 536 g/mol. The van der Waals surface area contributed by atoms with Crippen LogP contribution in [0.2, 0.25) is 0 Å². The molecule has 214 valence electrons. The zero-order chi connectivity index (χ0) is 29.8. The maximum absolute atomic E-state index is 13.2. The number of hydrogen-bond donors (Lipinski definition) is 2. The average molecular weight is 569 g/mol. The summed E-state index contributed by atoms with van der Waals surface area (Å²) in [5.74, 6) is 1.95. The third-order valence-corrected chi connectivity index (χ3v) is 8.98. The molecular formula is C38H32O5. The Labute approximate surface area is 251 Å². The number of carbonyl (C=O) groups is 1. The van der Waals surface area contributed by atoms with E-state index >= 15 is 0 Å². The van der Waals surface area contributed by atoms with Crippen molar-refractivity contribution in [2.75, 3.05) is 0 Å². The number of carboxylic acid groups (broad SMARTS) is 1. The summed E-state index contributed by atoms with van der Waals surface area (Å²) in [4.78, 5) is 13.2. The van der Waals surface area contributed by atoms with Gasteiger partial charge in [0.25, 0.3) is 0 Å². The number of hydrogen-bond acceptors (Lipinski definition) is 4. The molecule has 0 fully saturated rings. The maximum atomic E-state index is 13.2. The molecule has 5 aromatic carbocycles. The van der Waals surface area contributed by atoms with Gasteiger partial charge in [0.15, 0.2) is 0 Å². The van der Waals surface area contributed by atoms with E-state index in [0.29, 0.717) is 59.4 Å². The van der Waals surface area contributed by atoms with E-state index in [9.17, 15) is 15.0 Å². The quantitative estimate of drug-likeness (QED) is 0.221. The van der Waals surface area contributed by atoms with Crippen molar-refractivity contribution in [1.29, 1.82) is 0 Å². The zero-order valence-electron chi connectivity index (χ0n) is 24.5. The van der Waals surface area contributed by atoms with Crippen LogP contribution < -0.4 is 9.47 Å². The van der Waals surface area contributed by atoms with E-state index in [1.54, 1.807) is 0 Å². The molecule has 5 nitrogen and oxygen atoms in total.